The van der Waals surface area contributed by atoms with Crippen LogP contribution in [0.5, 0.6) is 0 Å². The van der Waals surface area contributed by atoms with Crippen molar-refractivity contribution in [2.75, 3.05) is 11.9 Å². The van der Waals surface area contributed by atoms with Gasteiger partial charge in [0.1, 0.15) is 5.82 Å². The molecule has 0 saturated carbocycles. The van der Waals surface area contributed by atoms with E-state index in [1.54, 1.807) is 6.20 Å². The summed E-state index contributed by atoms with van der Waals surface area (Å²) in [6, 6.07) is 0. The molecule has 3 rings (SSSR count). The molecule has 2 aromatic heterocycles. The molecule has 0 spiro atoms. The summed E-state index contributed by atoms with van der Waals surface area (Å²) in [6.45, 7) is 2.88. The van der Waals surface area contributed by atoms with Gasteiger partial charge in [0, 0.05) is 36.7 Å². The summed E-state index contributed by atoms with van der Waals surface area (Å²) in [6.07, 6.45) is 9.20. The third-order valence-corrected chi connectivity index (χ3v) is 3.59. The zero-order chi connectivity index (χ0) is 13.1. The molecule has 0 bridgehead atoms. The van der Waals surface area contributed by atoms with Gasteiger partial charge in [0.15, 0.2) is 0 Å². The largest absolute Gasteiger partial charge is 0.354 e. The monoisotopic (exact) mass is 257 g/mol. The molecular weight excluding hydrogens is 238 g/mol. The Balaban J connectivity index is 1.66. The van der Waals surface area contributed by atoms with E-state index in [4.69, 9.17) is 0 Å². The Morgan fingerprint density at radius 1 is 1.26 bits per heavy atom. The lowest BCUT2D eigenvalue weighted by atomic mass is 9.95. The highest BCUT2D eigenvalue weighted by Gasteiger charge is 2.15. The lowest BCUT2D eigenvalue weighted by Gasteiger charge is -2.17. The first-order chi connectivity index (χ1) is 9.33. The number of anilines is 1. The number of imidazole rings is 1. The second kappa shape index (κ2) is 5.38. The van der Waals surface area contributed by atoms with Crippen molar-refractivity contribution < 1.29 is 0 Å². The van der Waals surface area contributed by atoms with Crippen molar-refractivity contribution in [2.24, 2.45) is 0 Å². The number of fused-ring (bicyclic) bond motifs is 1. The van der Waals surface area contributed by atoms with Crippen LogP contribution in [0.2, 0.25) is 0 Å². The molecule has 2 aromatic rings. The van der Waals surface area contributed by atoms with E-state index in [0.29, 0.717) is 0 Å². The van der Waals surface area contributed by atoms with Crippen molar-refractivity contribution in [3.05, 3.63) is 35.2 Å². The van der Waals surface area contributed by atoms with Crippen LogP contribution in [0.25, 0.3) is 0 Å². The second-order valence-electron chi connectivity index (χ2n) is 4.98. The number of hydrogen-bond donors (Lipinski definition) is 2. The Bertz CT molecular complexity index is 547. The van der Waals surface area contributed by atoms with Gasteiger partial charge in [-0.05, 0) is 38.2 Å². The van der Waals surface area contributed by atoms with E-state index in [0.717, 1.165) is 43.3 Å². The van der Waals surface area contributed by atoms with Crippen molar-refractivity contribution in [3.63, 3.8) is 0 Å². The van der Waals surface area contributed by atoms with Crippen molar-refractivity contribution in [2.45, 2.75) is 39.0 Å². The molecule has 0 saturated heterocycles. The van der Waals surface area contributed by atoms with E-state index >= 15 is 0 Å². The second-order valence-corrected chi connectivity index (χ2v) is 4.98. The Labute approximate surface area is 112 Å². The van der Waals surface area contributed by atoms with Gasteiger partial charge < -0.3 is 10.3 Å². The quantitative estimate of drug-likeness (QED) is 0.879. The van der Waals surface area contributed by atoms with E-state index < -0.39 is 0 Å². The van der Waals surface area contributed by atoms with Crippen LogP contribution in [-0.4, -0.2) is 26.5 Å². The van der Waals surface area contributed by atoms with Crippen molar-refractivity contribution in [1.82, 2.24) is 19.9 Å². The minimum absolute atomic E-state index is 0.754. The minimum atomic E-state index is 0.754. The maximum atomic E-state index is 4.64. The number of nitrogens with zero attached hydrogens (tertiary/aromatic N) is 3. The van der Waals surface area contributed by atoms with Crippen LogP contribution in [-0.2, 0) is 19.3 Å². The molecule has 19 heavy (non-hydrogen) atoms. The van der Waals surface area contributed by atoms with Crippen molar-refractivity contribution >= 4 is 5.95 Å². The van der Waals surface area contributed by atoms with Crippen LogP contribution < -0.4 is 5.32 Å². The third kappa shape index (κ3) is 2.75. The minimum Gasteiger partial charge on any atom is -0.354 e. The molecule has 0 atom stereocenters. The normalized spacial score (nSPS) is 14.2. The van der Waals surface area contributed by atoms with Crippen molar-refractivity contribution in [3.8, 4) is 0 Å². The fourth-order valence-electron chi connectivity index (χ4n) is 2.59. The van der Waals surface area contributed by atoms with Crippen LogP contribution >= 0.6 is 0 Å². The van der Waals surface area contributed by atoms with E-state index in [1.807, 2.05) is 6.20 Å². The zero-order valence-electron chi connectivity index (χ0n) is 11.2. The van der Waals surface area contributed by atoms with Gasteiger partial charge in [-0.25, -0.2) is 15.0 Å². The average molecular weight is 257 g/mol. The van der Waals surface area contributed by atoms with Gasteiger partial charge >= 0.3 is 0 Å². The van der Waals surface area contributed by atoms with Gasteiger partial charge in [-0.1, -0.05) is 0 Å². The number of H-pyrrole nitrogens is 1. The summed E-state index contributed by atoms with van der Waals surface area (Å²) in [5.41, 5.74) is 3.73. The molecule has 2 heterocycles. The third-order valence-electron chi connectivity index (χ3n) is 3.59. The number of rotatable bonds is 4. The topological polar surface area (TPSA) is 66.5 Å². The van der Waals surface area contributed by atoms with E-state index in [1.165, 1.54) is 24.1 Å². The molecule has 100 valence electrons. The molecule has 5 heteroatoms. The first-order valence-corrected chi connectivity index (χ1v) is 6.91. The number of aromatic nitrogens is 4. The maximum absolute atomic E-state index is 4.64. The lowest BCUT2D eigenvalue weighted by Crippen LogP contribution is -2.14. The lowest BCUT2D eigenvalue weighted by molar-refractivity contribution is 0.657. The van der Waals surface area contributed by atoms with Gasteiger partial charge in [0.25, 0.3) is 0 Å². The highest BCUT2D eigenvalue weighted by atomic mass is 15.1. The predicted molar refractivity (Wildman–Crippen MR) is 74.2 cm³/mol. The summed E-state index contributed by atoms with van der Waals surface area (Å²) in [5.74, 6) is 1.74. The zero-order valence-corrected chi connectivity index (χ0v) is 11.2. The molecule has 2 N–H and O–H groups in total. The van der Waals surface area contributed by atoms with E-state index in [2.05, 4.69) is 32.2 Å². The summed E-state index contributed by atoms with van der Waals surface area (Å²) in [4.78, 5) is 16.5. The Morgan fingerprint density at radius 2 is 2.16 bits per heavy atom. The number of aryl methyl sites for hydroxylation is 2. The number of nitrogens with one attached hydrogen (secondary N) is 2. The SMILES string of the molecule is Cc1nc(NCCc2ncc[nH]2)nc2c1CCCC2. The highest BCUT2D eigenvalue weighted by Crippen LogP contribution is 2.22. The summed E-state index contributed by atoms with van der Waals surface area (Å²) >= 11 is 0. The highest BCUT2D eigenvalue weighted by molar-refractivity contribution is 5.35. The van der Waals surface area contributed by atoms with Crippen LogP contribution in [0.15, 0.2) is 12.4 Å². The van der Waals surface area contributed by atoms with Crippen LogP contribution in [0.4, 0.5) is 5.95 Å². The predicted octanol–water partition coefficient (Wildman–Crippen LogP) is 2.04. The molecule has 0 aromatic carbocycles. The van der Waals surface area contributed by atoms with Gasteiger partial charge in [0.05, 0.1) is 0 Å². The molecular formula is C14H19N5. The van der Waals surface area contributed by atoms with Crippen molar-refractivity contribution in [1.29, 1.82) is 0 Å². The molecule has 0 radical (unpaired) electrons. The molecule has 0 unspecified atom stereocenters. The Kier molecular flexibility index (Phi) is 3.44. The summed E-state index contributed by atoms with van der Waals surface area (Å²) < 4.78 is 0. The molecule has 0 amide bonds. The molecule has 5 nitrogen and oxygen atoms in total. The first-order valence-electron chi connectivity index (χ1n) is 6.91. The maximum Gasteiger partial charge on any atom is 0.223 e. The fraction of sp³-hybridized carbons (Fsp3) is 0.500. The number of hydrogen-bond acceptors (Lipinski definition) is 4. The van der Waals surface area contributed by atoms with Crippen LogP contribution in [0.1, 0.15) is 35.6 Å². The molecule has 1 aliphatic rings. The number of aromatic amines is 1. The average Bonchev–Trinajstić information content (AvgIpc) is 2.92. The van der Waals surface area contributed by atoms with Gasteiger partial charge in [-0.15, -0.1) is 0 Å². The molecule has 1 aliphatic carbocycles. The smallest absolute Gasteiger partial charge is 0.223 e. The summed E-state index contributed by atoms with van der Waals surface area (Å²) in [5, 5.41) is 3.29. The van der Waals surface area contributed by atoms with Crippen LogP contribution in [0.3, 0.4) is 0 Å². The Morgan fingerprint density at radius 3 is 3.00 bits per heavy atom. The van der Waals surface area contributed by atoms with Gasteiger partial charge in [-0.3, -0.25) is 0 Å². The fourth-order valence-corrected chi connectivity index (χ4v) is 2.59. The van der Waals surface area contributed by atoms with Gasteiger partial charge in [-0.2, -0.15) is 0 Å². The Hall–Kier alpha value is -1.91. The first kappa shape index (κ1) is 12.1. The van der Waals surface area contributed by atoms with E-state index in [9.17, 15) is 0 Å². The van der Waals surface area contributed by atoms with Gasteiger partial charge in [0.2, 0.25) is 5.95 Å². The van der Waals surface area contributed by atoms with Crippen LogP contribution in [0, 0.1) is 6.92 Å². The molecule has 0 aliphatic heterocycles. The molecule has 0 fully saturated rings. The van der Waals surface area contributed by atoms with E-state index in [-0.39, 0.29) is 0 Å². The summed E-state index contributed by atoms with van der Waals surface area (Å²) in [7, 11) is 0. The standard InChI is InChI=1S/C14H19N5/c1-10-11-4-2-3-5-12(11)19-14(18-10)17-7-6-13-15-8-9-16-13/h8-9H,2-7H2,1H3,(H,15,16)(H,17,18,19).